The van der Waals surface area contributed by atoms with Gasteiger partial charge < -0.3 is 19.1 Å². The number of rotatable bonds is 9. The first-order valence-electron chi connectivity index (χ1n) is 13.6. The maximum atomic E-state index is 14.3. The molecule has 8 nitrogen and oxygen atoms in total. The van der Waals surface area contributed by atoms with Crippen LogP contribution in [0, 0.1) is 5.82 Å². The third-order valence-electron chi connectivity index (χ3n) is 8.04. The summed E-state index contributed by atoms with van der Waals surface area (Å²) in [5.41, 5.74) is 1.04. The Morgan fingerprint density at radius 1 is 1.14 bits per heavy atom. The standard InChI is InChI=1S/C30H27ClF4N4O4/c1-42-29(7-8-29)16-39-25-11-18(28(40)41)3-5-23(25)36-26(39)14-38-9-6-17-10-21(30(33,34)35)27(37-24(17)13-38)43-15-19-2-4-20(31)12-22(19)32/h2-5,10-12H,6-9,13-16H2,1H3,(H,40,41). The zero-order valence-corrected chi connectivity index (χ0v) is 23.8. The highest BCUT2D eigenvalue weighted by Crippen LogP contribution is 2.42. The number of carboxylic acid groups (broad SMARTS) is 1. The molecule has 1 aliphatic carbocycles. The van der Waals surface area contributed by atoms with Gasteiger partial charge in [-0.1, -0.05) is 17.7 Å². The molecule has 1 fully saturated rings. The highest BCUT2D eigenvalue weighted by atomic mass is 35.5. The first-order chi connectivity index (χ1) is 20.4. The van der Waals surface area contributed by atoms with Gasteiger partial charge in [0.25, 0.3) is 0 Å². The van der Waals surface area contributed by atoms with Crippen LogP contribution in [0.1, 0.15) is 51.4 Å². The molecule has 1 N–H and O–H groups in total. The van der Waals surface area contributed by atoms with E-state index in [2.05, 4.69) is 4.98 Å². The molecule has 1 aliphatic heterocycles. The summed E-state index contributed by atoms with van der Waals surface area (Å²) in [6, 6.07) is 9.68. The van der Waals surface area contributed by atoms with Crippen LogP contribution >= 0.6 is 11.6 Å². The molecule has 1 saturated carbocycles. The number of benzene rings is 2. The number of imidazole rings is 1. The van der Waals surface area contributed by atoms with Gasteiger partial charge >= 0.3 is 12.1 Å². The molecule has 0 saturated heterocycles. The van der Waals surface area contributed by atoms with E-state index < -0.39 is 36.0 Å². The molecule has 0 atom stereocenters. The normalized spacial score (nSPS) is 16.3. The number of hydrogen-bond donors (Lipinski definition) is 1. The Labute approximate surface area is 248 Å². The molecule has 4 aromatic rings. The minimum Gasteiger partial charge on any atom is -0.478 e. The van der Waals surface area contributed by atoms with Crippen LogP contribution in [0.25, 0.3) is 11.0 Å². The van der Waals surface area contributed by atoms with Gasteiger partial charge in [-0.05, 0) is 61.2 Å². The zero-order chi connectivity index (χ0) is 30.5. The van der Waals surface area contributed by atoms with Crippen LogP contribution in [0.4, 0.5) is 17.6 Å². The number of nitrogens with zero attached hydrogens (tertiary/aromatic N) is 4. The monoisotopic (exact) mass is 618 g/mol. The number of halogens is 5. The van der Waals surface area contributed by atoms with Crippen molar-refractivity contribution in [2.24, 2.45) is 0 Å². The number of fused-ring (bicyclic) bond motifs is 2. The SMILES string of the molecule is COC1(Cn2c(CN3CCc4cc(C(F)(F)F)c(OCc5ccc(Cl)cc5F)nc4C3)nc3ccc(C(=O)O)cc32)CC1. The van der Waals surface area contributed by atoms with E-state index in [-0.39, 0.29) is 28.3 Å². The predicted molar refractivity (Wildman–Crippen MR) is 148 cm³/mol. The number of alkyl halides is 3. The Bertz CT molecular complexity index is 1720. The Morgan fingerprint density at radius 3 is 2.60 bits per heavy atom. The molecule has 0 radical (unpaired) electrons. The van der Waals surface area contributed by atoms with Gasteiger partial charge in [0, 0.05) is 30.8 Å². The molecular weight excluding hydrogens is 592 g/mol. The number of carboxylic acids is 1. The maximum Gasteiger partial charge on any atom is 0.421 e. The Hall–Kier alpha value is -3.74. The Morgan fingerprint density at radius 2 is 1.93 bits per heavy atom. The lowest BCUT2D eigenvalue weighted by Gasteiger charge is -2.29. The molecule has 2 aromatic carbocycles. The number of pyridine rings is 1. The number of ether oxygens (including phenoxy) is 2. The fourth-order valence-corrected chi connectivity index (χ4v) is 5.55. The summed E-state index contributed by atoms with van der Waals surface area (Å²) >= 11 is 5.78. The first kappa shape index (κ1) is 29.3. The van der Waals surface area contributed by atoms with E-state index in [0.29, 0.717) is 54.2 Å². The van der Waals surface area contributed by atoms with E-state index in [1.165, 1.54) is 18.2 Å². The van der Waals surface area contributed by atoms with Gasteiger partial charge in [0.15, 0.2) is 0 Å². The molecule has 2 aliphatic rings. The van der Waals surface area contributed by atoms with Gasteiger partial charge in [-0.25, -0.2) is 19.2 Å². The van der Waals surface area contributed by atoms with E-state index in [0.717, 1.165) is 25.0 Å². The molecule has 0 amide bonds. The summed E-state index contributed by atoms with van der Waals surface area (Å²) in [7, 11) is 1.65. The molecule has 43 heavy (non-hydrogen) atoms. The fourth-order valence-electron chi connectivity index (χ4n) is 5.39. The van der Waals surface area contributed by atoms with Crippen molar-refractivity contribution >= 4 is 28.6 Å². The molecule has 0 bridgehead atoms. The average molecular weight is 619 g/mol. The summed E-state index contributed by atoms with van der Waals surface area (Å²) in [6.07, 6.45) is -2.66. The van der Waals surface area contributed by atoms with Crippen molar-refractivity contribution in [1.29, 1.82) is 0 Å². The summed E-state index contributed by atoms with van der Waals surface area (Å²) in [5, 5.41) is 9.69. The van der Waals surface area contributed by atoms with Crippen molar-refractivity contribution in [3.8, 4) is 5.88 Å². The van der Waals surface area contributed by atoms with Crippen LogP contribution in [-0.4, -0.2) is 49.8 Å². The quantitative estimate of drug-likeness (QED) is 0.222. The summed E-state index contributed by atoms with van der Waals surface area (Å²) in [4.78, 5) is 22.7. The van der Waals surface area contributed by atoms with Gasteiger partial charge in [-0.15, -0.1) is 0 Å². The van der Waals surface area contributed by atoms with Crippen molar-refractivity contribution in [3.05, 3.63) is 87.1 Å². The molecule has 2 aromatic heterocycles. The minimum atomic E-state index is -4.72. The summed E-state index contributed by atoms with van der Waals surface area (Å²) in [5.74, 6) is -1.67. The zero-order valence-electron chi connectivity index (χ0n) is 23.0. The number of methoxy groups -OCH3 is 1. The number of hydrogen-bond acceptors (Lipinski definition) is 6. The van der Waals surface area contributed by atoms with Gasteiger partial charge in [-0.3, -0.25) is 4.90 Å². The van der Waals surface area contributed by atoms with Crippen LogP contribution in [0.15, 0.2) is 42.5 Å². The van der Waals surface area contributed by atoms with E-state index in [1.807, 2.05) is 9.47 Å². The predicted octanol–water partition coefficient (Wildman–Crippen LogP) is 6.26. The largest absolute Gasteiger partial charge is 0.478 e. The van der Waals surface area contributed by atoms with Crippen molar-refractivity contribution in [1.82, 2.24) is 19.4 Å². The van der Waals surface area contributed by atoms with E-state index in [1.54, 1.807) is 19.2 Å². The summed E-state index contributed by atoms with van der Waals surface area (Å²) in [6.45, 7) is 1.09. The minimum absolute atomic E-state index is 0.0492. The van der Waals surface area contributed by atoms with Crippen molar-refractivity contribution in [2.75, 3.05) is 13.7 Å². The number of aromatic nitrogens is 3. The lowest BCUT2D eigenvalue weighted by Crippen LogP contribution is -2.33. The van der Waals surface area contributed by atoms with E-state index in [9.17, 15) is 27.5 Å². The molecule has 3 heterocycles. The molecule has 0 spiro atoms. The lowest BCUT2D eigenvalue weighted by atomic mass is 10.0. The number of aromatic carboxylic acids is 1. The van der Waals surface area contributed by atoms with Gasteiger partial charge in [0.2, 0.25) is 5.88 Å². The molecule has 13 heteroatoms. The number of carbonyl (C=O) groups is 1. The second-order valence-electron chi connectivity index (χ2n) is 10.9. The summed E-state index contributed by atoms with van der Waals surface area (Å²) < 4.78 is 69.3. The van der Waals surface area contributed by atoms with E-state index >= 15 is 0 Å². The second-order valence-corrected chi connectivity index (χ2v) is 11.4. The van der Waals surface area contributed by atoms with Crippen molar-refractivity contribution in [2.45, 2.75) is 57.3 Å². The third kappa shape index (κ3) is 6.04. The molecule has 226 valence electrons. The highest BCUT2D eigenvalue weighted by molar-refractivity contribution is 6.30. The smallest absolute Gasteiger partial charge is 0.421 e. The van der Waals surface area contributed by atoms with E-state index in [4.69, 9.17) is 26.1 Å². The Balaban J connectivity index is 1.28. The van der Waals surface area contributed by atoms with Gasteiger partial charge in [0.1, 0.15) is 23.8 Å². The second kappa shape index (κ2) is 11.1. The third-order valence-corrected chi connectivity index (χ3v) is 8.27. The maximum absolute atomic E-state index is 14.3. The van der Waals surface area contributed by atoms with Crippen molar-refractivity contribution < 1.29 is 36.9 Å². The van der Waals surface area contributed by atoms with Crippen LogP contribution in [0.2, 0.25) is 5.02 Å². The Kier molecular flexibility index (Phi) is 7.55. The molecular formula is C30H27ClF4N4O4. The molecule has 6 rings (SSSR count). The topological polar surface area (TPSA) is 89.7 Å². The van der Waals surface area contributed by atoms with Crippen LogP contribution in [-0.2, 0) is 43.6 Å². The van der Waals surface area contributed by atoms with Crippen LogP contribution in [0.5, 0.6) is 5.88 Å². The van der Waals surface area contributed by atoms with Gasteiger partial charge in [-0.2, -0.15) is 13.2 Å². The lowest BCUT2D eigenvalue weighted by molar-refractivity contribution is -0.139. The van der Waals surface area contributed by atoms with Crippen molar-refractivity contribution in [3.63, 3.8) is 0 Å². The highest BCUT2D eigenvalue weighted by Gasteiger charge is 2.44. The van der Waals surface area contributed by atoms with Crippen LogP contribution < -0.4 is 4.74 Å². The fraction of sp³-hybridized carbons (Fsp3) is 0.367. The molecule has 0 unspecified atom stereocenters. The van der Waals surface area contributed by atoms with Gasteiger partial charge in [0.05, 0.1) is 41.0 Å². The first-order valence-corrected chi connectivity index (χ1v) is 14.0. The van der Waals surface area contributed by atoms with Crippen LogP contribution in [0.3, 0.4) is 0 Å². The average Bonchev–Trinajstić information content (AvgIpc) is 3.66.